The predicted molar refractivity (Wildman–Crippen MR) is 105 cm³/mol. The Hall–Kier alpha value is -1.66. The number of amides is 1. The Bertz CT molecular complexity index is 531. The van der Waals surface area contributed by atoms with Crippen LogP contribution in [-0.2, 0) is 16.0 Å². The molecule has 0 aromatic heterocycles. The molecule has 0 atom stereocenters. The maximum Gasteiger partial charge on any atom is 0.220 e. The zero-order chi connectivity index (χ0) is 17.9. The minimum atomic E-state index is 0.141. The van der Waals surface area contributed by atoms with Crippen LogP contribution in [0.15, 0.2) is 30.3 Å². The number of nitrogens with zero attached hydrogens (tertiary/aromatic N) is 1. The summed E-state index contributed by atoms with van der Waals surface area (Å²) in [6, 6.07) is 10.4. The highest BCUT2D eigenvalue weighted by Crippen LogP contribution is 2.11. The average Bonchev–Trinajstić information content (AvgIpc) is 2.65. The number of likely N-dealkylation sites (tertiary alicyclic amines) is 1. The normalized spacial score (nSPS) is 15.0. The van der Waals surface area contributed by atoms with Gasteiger partial charge >= 0.3 is 0 Å². The average molecular weight is 364 g/mol. The fourth-order valence-electron chi connectivity index (χ4n) is 2.95. The number of methoxy groups -OCH3 is 1. The van der Waals surface area contributed by atoms with Crippen molar-refractivity contribution < 1.29 is 9.53 Å². The van der Waals surface area contributed by atoms with Crippen molar-refractivity contribution in [2.24, 2.45) is 0 Å². The Kier molecular flexibility index (Phi) is 8.69. The van der Waals surface area contributed by atoms with E-state index in [9.17, 15) is 4.79 Å². The van der Waals surface area contributed by atoms with Crippen molar-refractivity contribution in [1.29, 1.82) is 0 Å². The van der Waals surface area contributed by atoms with Crippen molar-refractivity contribution in [3.05, 3.63) is 35.9 Å². The molecule has 6 heteroatoms. The Morgan fingerprint density at radius 1 is 1.28 bits per heavy atom. The van der Waals surface area contributed by atoms with Crippen molar-refractivity contribution >= 4 is 23.2 Å². The van der Waals surface area contributed by atoms with Gasteiger partial charge in [-0.1, -0.05) is 30.3 Å². The number of piperidine rings is 1. The summed E-state index contributed by atoms with van der Waals surface area (Å²) in [5, 5.41) is 7.24. The Morgan fingerprint density at radius 2 is 2.00 bits per heavy atom. The van der Waals surface area contributed by atoms with Gasteiger partial charge in [0.1, 0.15) is 0 Å². The van der Waals surface area contributed by atoms with Gasteiger partial charge in [0.2, 0.25) is 5.91 Å². The molecule has 0 unspecified atom stereocenters. The molecule has 0 saturated carbocycles. The van der Waals surface area contributed by atoms with Crippen LogP contribution >= 0.6 is 12.2 Å². The molecule has 5 nitrogen and oxygen atoms in total. The Labute approximate surface area is 156 Å². The van der Waals surface area contributed by atoms with E-state index < -0.39 is 0 Å². The molecule has 138 valence electrons. The highest BCUT2D eigenvalue weighted by Gasteiger charge is 2.21. The predicted octanol–water partition coefficient (Wildman–Crippen LogP) is 2.11. The van der Waals surface area contributed by atoms with Crippen LogP contribution < -0.4 is 10.6 Å². The van der Waals surface area contributed by atoms with E-state index >= 15 is 0 Å². The molecule has 0 aliphatic carbocycles. The number of aryl methyl sites for hydroxylation is 1. The molecule has 2 N–H and O–H groups in total. The maximum atomic E-state index is 12.1. The summed E-state index contributed by atoms with van der Waals surface area (Å²) >= 11 is 5.43. The zero-order valence-electron chi connectivity index (χ0n) is 15.0. The molecule has 1 saturated heterocycles. The molecular formula is C19H29N3O2S. The van der Waals surface area contributed by atoms with Gasteiger partial charge in [-0.15, -0.1) is 0 Å². The molecule has 0 bridgehead atoms. The molecule has 25 heavy (non-hydrogen) atoms. The first-order chi connectivity index (χ1) is 12.2. The van der Waals surface area contributed by atoms with Gasteiger partial charge in [0.15, 0.2) is 5.11 Å². The zero-order valence-corrected chi connectivity index (χ0v) is 15.8. The number of hydrogen-bond donors (Lipinski definition) is 2. The van der Waals surface area contributed by atoms with Gasteiger partial charge in [-0.25, -0.2) is 0 Å². The van der Waals surface area contributed by atoms with E-state index in [2.05, 4.69) is 27.7 Å². The summed E-state index contributed by atoms with van der Waals surface area (Å²) in [5.74, 6) is 0.141. The molecule has 1 aliphatic heterocycles. The van der Waals surface area contributed by atoms with E-state index in [1.54, 1.807) is 7.11 Å². The fourth-order valence-corrected chi connectivity index (χ4v) is 3.24. The number of nitrogens with one attached hydrogen (secondary N) is 2. The second-order valence-corrected chi connectivity index (χ2v) is 6.78. The second-order valence-electron chi connectivity index (χ2n) is 6.39. The van der Waals surface area contributed by atoms with Crippen LogP contribution in [0.25, 0.3) is 0 Å². The van der Waals surface area contributed by atoms with Crippen LogP contribution in [0.1, 0.15) is 31.2 Å². The number of ether oxygens (including phenoxy) is 1. The van der Waals surface area contributed by atoms with Gasteiger partial charge < -0.3 is 20.3 Å². The first kappa shape index (κ1) is 19.7. The quantitative estimate of drug-likeness (QED) is 0.547. The smallest absolute Gasteiger partial charge is 0.220 e. The van der Waals surface area contributed by atoms with Gasteiger partial charge in [0.05, 0.1) is 0 Å². The van der Waals surface area contributed by atoms with Crippen molar-refractivity contribution in [3.63, 3.8) is 0 Å². The van der Waals surface area contributed by atoms with Crippen LogP contribution in [0.2, 0.25) is 0 Å². The molecular weight excluding hydrogens is 334 g/mol. The van der Waals surface area contributed by atoms with Crippen molar-refractivity contribution in [2.45, 2.75) is 38.1 Å². The van der Waals surface area contributed by atoms with E-state index in [1.807, 2.05) is 18.2 Å². The van der Waals surface area contributed by atoms with E-state index in [1.165, 1.54) is 5.56 Å². The summed E-state index contributed by atoms with van der Waals surface area (Å²) in [4.78, 5) is 14.3. The highest BCUT2D eigenvalue weighted by molar-refractivity contribution is 7.80. The van der Waals surface area contributed by atoms with Crippen LogP contribution in [0.3, 0.4) is 0 Å². The molecule has 0 spiro atoms. The van der Waals surface area contributed by atoms with E-state index in [-0.39, 0.29) is 11.9 Å². The highest BCUT2D eigenvalue weighted by atomic mass is 32.1. The molecule has 1 amide bonds. The van der Waals surface area contributed by atoms with Gasteiger partial charge in [0, 0.05) is 45.8 Å². The van der Waals surface area contributed by atoms with Gasteiger partial charge in [-0.3, -0.25) is 4.79 Å². The molecule has 0 radical (unpaired) electrons. The van der Waals surface area contributed by atoms with Crippen LogP contribution in [0, 0.1) is 0 Å². The van der Waals surface area contributed by atoms with Gasteiger partial charge in [-0.2, -0.15) is 0 Å². The van der Waals surface area contributed by atoms with E-state index in [0.29, 0.717) is 6.42 Å². The van der Waals surface area contributed by atoms with E-state index in [4.69, 9.17) is 17.0 Å². The number of carbonyl (C=O) groups is 1. The molecule has 1 heterocycles. The second kappa shape index (κ2) is 11.1. The summed E-state index contributed by atoms with van der Waals surface area (Å²) in [7, 11) is 1.71. The first-order valence-electron chi connectivity index (χ1n) is 9.04. The van der Waals surface area contributed by atoms with Crippen molar-refractivity contribution in [3.8, 4) is 0 Å². The topological polar surface area (TPSA) is 53.6 Å². The summed E-state index contributed by atoms with van der Waals surface area (Å²) in [6.07, 6.45) is 4.17. The molecule has 1 aliphatic rings. The monoisotopic (exact) mass is 363 g/mol. The maximum absolute atomic E-state index is 12.1. The number of carbonyl (C=O) groups excluding carboxylic acids is 1. The third kappa shape index (κ3) is 7.40. The number of hydrogen-bond acceptors (Lipinski definition) is 3. The number of rotatable bonds is 8. The van der Waals surface area contributed by atoms with E-state index in [0.717, 1.165) is 57.0 Å². The van der Waals surface area contributed by atoms with Crippen LogP contribution in [0.4, 0.5) is 0 Å². The minimum absolute atomic E-state index is 0.141. The largest absolute Gasteiger partial charge is 0.385 e. The Balaban J connectivity index is 1.61. The molecule has 2 rings (SSSR count). The summed E-state index contributed by atoms with van der Waals surface area (Å²) < 4.78 is 5.03. The Morgan fingerprint density at radius 3 is 2.68 bits per heavy atom. The first-order valence-corrected chi connectivity index (χ1v) is 9.45. The van der Waals surface area contributed by atoms with Crippen LogP contribution in [0.5, 0.6) is 0 Å². The molecule has 1 fully saturated rings. The van der Waals surface area contributed by atoms with Crippen molar-refractivity contribution in [2.75, 3.05) is 33.4 Å². The lowest BCUT2D eigenvalue weighted by atomic mass is 10.0. The lowest BCUT2D eigenvalue weighted by Gasteiger charge is -2.34. The van der Waals surface area contributed by atoms with Gasteiger partial charge in [-0.05, 0) is 43.5 Å². The lowest BCUT2D eigenvalue weighted by molar-refractivity contribution is -0.122. The van der Waals surface area contributed by atoms with Gasteiger partial charge in [0.25, 0.3) is 0 Å². The standard InChI is InChI=1S/C19H29N3O2S/c1-24-15-5-12-20-19(25)22-13-10-17(11-14-22)21-18(23)9-8-16-6-3-2-4-7-16/h2-4,6-7,17H,5,8-15H2,1H3,(H,20,25)(H,21,23). The summed E-state index contributed by atoms with van der Waals surface area (Å²) in [5.41, 5.74) is 1.21. The molecule has 1 aromatic carbocycles. The van der Waals surface area contributed by atoms with Crippen LogP contribution in [-0.4, -0.2) is 55.3 Å². The minimum Gasteiger partial charge on any atom is -0.385 e. The molecule has 1 aromatic rings. The fraction of sp³-hybridized carbons (Fsp3) is 0.579. The number of thiocarbonyl (C=S) groups is 1. The van der Waals surface area contributed by atoms with Crippen molar-refractivity contribution in [1.82, 2.24) is 15.5 Å². The SMILES string of the molecule is COCCCNC(=S)N1CCC(NC(=O)CCc2ccccc2)CC1. The third-order valence-electron chi connectivity index (χ3n) is 4.43. The lowest BCUT2D eigenvalue weighted by Crippen LogP contribution is -2.49. The third-order valence-corrected chi connectivity index (χ3v) is 4.83. The summed E-state index contributed by atoms with van der Waals surface area (Å²) in [6.45, 7) is 3.36. The number of benzene rings is 1.